The molecule has 166 valence electrons. The van der Waals surface area contributed by atoms with Gasteiger partial charge in [0.1, 0.15) is 17.2 Å². The first-order valence-corrected chi connectivity index (χ1v) is 11.2. The van der Waals surface area contributed by atoms with Crippen molar-refractivity contribution in [2.24, 2.45) is 0 Å². The highest BCUT2D eigenvalue weighted by Gasteiger charge is 2.28. The molecule has 31 heavy (non-hydrogen) atoms. The Hall–Kier alpha value is -2.85. The van der Waals surface area contributed by atoms with E-state index in [2.05, 4.69) is 10.1 Å². The van der Waals surface area contributed by atoms with Crippen molar-refractivity contribution in [2.75, 3.05) is 25.0 Å². The van der Waals surface area contributed by atoms with Crippen LogP contribution in [0.25, 0.3) is 0 Å². The van der Waals surface area contributed by atoms with Crippen LogP contribution in [0.2, 0.25) is 0 Å². The monoisotopic (exact) mass is 452 g/mol. The zero-order valence-corrected chi connectivity index (χ0v) is 17.7. The fourth-order valence-electron chi connectivity index (χ4n) is 3.29. The summed E-state index contributed by atoms with van der Waals surface area (Å²) >= 11 is 0. The SMILES string of the molecule is Cc1ccc(NC(=O)COC(=O)c2c(F)cccc2F)cc1S(=O)(=O)N1CCCCC1. The third-order valence-electron chi connectivity index (χ3n) is 4.91. The van der Waals surface area contributed by atoms with Gasteiger partial charge >= 0.3 is 5.97 Å². The van der Waals surface area contributed by atoms with Crippen LogP contribution in [0.3, 0.4) is 0 Å². The molecule has 0 radical (unpaired) electrons. The maximum atomic E-state index is 13.6. The molecule has 1 aliphatic rings. The molecule has 0 aliphatic carbocycles. The lowest BCUT2D eigenvalue weighted by Crippen LogP contribution is -2.36. The number of anilines is 1. The minimum absolute atomic E-state index is 0.0811. The van der Waals surface area contributed by atoms with Gasteiger partial charge in [-0.05, 0) is 49.6 Å². The van der Waals surface area contributed by atoms with Crippen molar-refractivity contribution in [3.63, 3.8) is 0 Å². The number of amides is 1. The third kappa shape index (κ3) is 5.26. The van der Waals surface area contributed by atoms with Crippen LogP contribution in [-0.4, -0.2) is 44.3 Å². The van der Waals surface area contributed by atoms with E-state index in [9.17, 15) is 26.8 Å². The summed E-state index contributed by atoms with van der Waals surface area (Å²) in [6, 6.07) is 7.32. The van der Waals surface area contributed by atoms with Crippen molar-refractivity contribution in [3.05, 3.63) is 59.2 Å². The van der Waals surface area contributed by atoms with E-state index in [4.69, 9.17) is 0 Å². The number of rotatable bonds is 6. The van der Waals surface area contributed by atoms with Gasteiger partial charge in [-0.3, -0.25) is 4.79 Å². The van der Waals surface area contributed by atoms with Crippen molar-refractivity contribution in [1.82, 2.24) is 4.31 Å². The van der Waals surface area contributed by atoms with E-state index in [0.717, 1.165) is 37.5 Å². The van der Waals surface area contributed by atoms with E-state index in [0.29, 0.717) is 18.7 Å². The third-order valence-corrected chi connectivity index (χ3v) is 6.95. The van der Waals surface area contributed by atoms with Crippen LogP contribution in [0.15, 0.2) is 41.3 Å². The van der Waals surface area contributed by atoms with Crippen LogP contribution in [0.4, 0.5) is 14.5 Å². The average molecular weight is 452 g/mol. The van der Waals surface area contributed by atoms with Gasteiger partial charge in [0.15, 0.2) is 6.61 Å². The number of piperidine rings is 1. The number of esters is 1. The molecule has 1 N–H and O–H groups in total. The maximum Gasteiger partial charge on any atom is 0.344 e. The van der Waals surface area contributed by atoms with E-state index in [-0.39, 0.29) is 10.6 Å². The molecule has 0 saturated carbocycles. The molecule has 2 aromatic rings. The molecular weight excluding hydrogens is 430 g/mol. The van der Waals surface area contributed by atoms with Gasteiger partial charge in [0.2, 0.25) is 10.0 Å². The second-order valence-corrected chi connectivity index (χ2v) is 9.07. The first-order chi connectivity index (χ1) is 14.7. The van der Waals surface area contributed by atoms with Gasteiger partial charge in [0.25, 0.3) is 5.91 Å². The van der Waals surface area contributed by atoms with Gasteiger partial charge in [-0.25, -0.2) is 22.0 Å². The Morgan fingerprint density at radius 1 is 1.06 bits per heavy atom. The Bertz CT molecular complexity index is 1080. The summed E-state index contributed by atoms with van der Waals surface area (Å²) in [7, 11) is -3.71. The summed E-state index contributed by atoms with van der Waals surface area (Å²) in [6.45, 7) is 1.75. The lowest BCUT2D eigenvalue weighted by molar-refractivity contribution is -0.119. The summed E-state index contributed by atoms with van der Waals surface area (Å²) in [5, 5.41) is 2.43. The number of carbonyl (C=O) groups is 2. The number of ether oxygens (including phenoxy) is 1. The predicted molar refractivity (Wildman–Crippen MR) is 109 cm³/mol. The minimum Gasteiger partial charge on any atom is -0.452 e. The fourth-order valence-corrected chi connectivity index (χ4v) is 5.06. The number of nitrogens with one attached hydrogen (secondary N) is 1. The molecule has 1 aliphatic heterocycles. The quantitative estimate of drug-likeness (QED) is 0.680. The van der Waals surface area contributed by atoms with E-state index < -0.39 is 45.7 Å². The molecular formula is C21H22F2N2O5S. The molecule has 0 unspecified atom stereocenters. The largest absolute Gasteiger partial charge is 0.452 e. The fraction of sp³-hybridized carbons (Fsp3) is 0.333. The molecule has 1 saturated heterocycles. The number of hydrogen-bond donors (Lipinski definition) is 1. The number of benzene rings is 2. The van der Waals surface area contributed by atoms with Crippen molar-refractivity contribution in [2.45, 2.75) is 31.1 Å². The zero-order chi connectivity index (χ0) is 22.6. The normalized spacial score (nSPS) is 14.8. The van der Waals surface area contributed by atoms with Gasteiger partial charge in [-0.15, -0.1) is 0 Å². The molecule has 3 rings (SSSR count). The van der Waals surface area contributed by atoms with Gasteiger partial charge in [0.05, 0.1) is 4.90 Å². The zero-order valence-electron chi connectivity index (χ0n) is 16.9. The smallest absolute Gasteiger partial charge is 0.344 e. The lowest BCUT2D eigenvalue weighted by atomic mass is 10.2. The second-order valence-electron chi connectivity index (χ2n) is 7.17. The van der Waals surface area contributed by atoms with Crippen LogP contribution < -0.4 is 5.32 Å². The van der Waals surface area contributed by atoms with Crippen molar-refractivity contribution in [3.8, 4) is 0 Å². The van der Waals surface area contributed by atoms with E-state index in [1.165, 1.54) is 16.4 Å². The highest BCUT2D eigenvalue weighted by molar-refractivity contribution is 7.89. The van der Waals surface area contributed by atoms with Gasteiger partial charge in [-0.1, -0.05) is 18.6 Å². The van der Waals surface area contributed by atoms with Crippen LogP contribution in [0.1, 0.15) is 35.2 Å². The van der Waals surface area contributed by atoms with Gasteiger partial charge in [0, 0.05) is 18.8 Å². The number of sulfonamides is 1. The Morgan fingerprint density at radius 3 is 2.35 bits per heavy atom. The lowest BCUT2D eigenvalue weighted by Gasteiger charge is -2.26. The molecule has 0 atom stereocenters. The summed E-state index contributed by atoms with van der Waals surface area (Å²) in [4.78, 5) is 24.1. The molecule has 1 fully saturated rings. The first-order valence-electron chi connectivity index (χ1n) is 9.72. The van der Waals surface area contributed by atoms with Crippen LogP contribution >= 0.6 is 0 Å². The Labute approximate surface area is 179 Å². The second kappa shape index (κ2) is 9.52. The first kappa shape index (κ1) is 22.8. The molecule has 1 heterocycles. The standard InChI is InChI=1S/C21H22F2N2O5S/c1-14-8-9-15(12-18(14)31(28,29)25-10-3-2-4-11-25)24-19(26)13-30-21(27)20-16(22)6-5-7-17(20)23/h5-9,12H,2-4,10-11,13H2,1H3,(H,24,26). The van der Waals surface area contributed by atoms with E-state index in [1.54, 1.807) is 13.0 Å². The summed E-state index contributed by atoms with van der Waals surface area (Å²) in [6.07, 6.45) is 2.57. The molecule has 7 nitrogen and oxygen atoms in total. The Balaban J connectivity index is 1.68. The molecule has 0 bridgehead atoms. The van der Waals surface area contributed by atoms with Crippen LogP contribution in [0, 0.1) is 18.6 Å². The van der Waals surface area contributed by atoms with Crippen LogP contribution in [-0.2, 0) is 19.6 Å². The highest BCUT2D eigenvalue weighted by Crippen LogP contribution is 2.26. The van der Waals surface area contributed by atoms with Crippen molar-refractivity contribution < 1.29 is 31.5 Å². The number of nitrogens with zero attached hydrogens (tertiary/aromatic N) is 1. The van der Waals surface area contributed by atoms with E-state index >= 15 is 0 Å². The molecule has 10 heteroatoms. The average Bonchev–Trinajstić information content (AvgIpc) is 2.74. The predicted octanol–water partition coefficient (Wildman–Crippen LogP) is 3.24. The molecule has 2 aromatic carbocycles. The molecule has 1 amide bonds. The topological polar surface area (TPSA) is 92.8 Å². The number of aryl methyl sites for hydroxylation is 1. The minimum atomic E-state index is -3.71. The van der Waals surface area contributed by atoms with Gasteiger partial charge in [-0.2, -0.15) is 4.31 Å². The Morgan fingerprint density at radius 2 is 1.71 bits per heavy atom. The highest BCUT2D eigenvalue weighted by atomic mass is 32.2. The van der Waals surface area contributed by atoms with Crippen molar-refractivity contribution in [1.29, 1.82) is 0 Å². The maximum absolute atomic E-state index is 13.6. The number of carbonyl (C=O) groups excluding carboxylic acids is 2. The summed E-state index contributed by atoms with van der Waals surface area (Å²) in [5.74, 6) is -4.30. The van der Waals surface area contributed by atoms with Gasteiger partial charge < -0.3 is 10.1 Å². The molecule has 0 aromatic heterocycles. The van der Waals surface area contributed by atoms with Crippen molar-refractivity contribution >= 4 is 27.6 Å². The summed E-state index contributed by atoms with van der Waals surface area (Å²) in [5.41, 5.74) is -0.162. The number of hydrogen-bond acceptors (Lipinski definition) is 5. The molecule has 0 spiro atoms. The number of halogens is 2. The summed E-state index contributed by atoms with van der Waals surface area (Å²) < 4.78 is 59.3. The van der Waals surface area contributed by atoms with Crippen LogP contribution in [0.5, 0.6) is 0 Å². The Kier molecular flexibility index (Phi) is 7.01. The van der Waals surface area contributed by atoms with E-state index in [1.807, 2.05) is 0 Å².